The molecule has 3 amide bonds. The molecule has 0 atom stereocenters. The number of aromatic nitrogens is 1. The lowest BCUT2D eigenvalue weighted by Crippen LogP contribution is -2.22. The van der Waals surface area contributed by atoms with E-state index in [4.69, 9.17) is 0 Å². The Hall–Kier alpha value is -2.09. The van der Waals surface area contributed by atoms with Crippen LogP contribution in [0.25, 0.3) is 11.8 Å². The van der Waals surface area contributed by atoms with Crippen LogP contribution in [0.5, 0.6) is 0 Å². The highest BCUT2D eigenvalue weighted by molar-refractivity contribution is 14.1. The minimum Gasteiger partial charge on any atom is -0.318 e. The standard InChI is InChI=1S/C16H14IN3O2/c1-9-7-11(8-14-15(21)19-16(22)18-14)10(2)20(9)13-5-3-12(17)4-6-13/h3-8H,1-2H3,(H2,18,19,21,22)/b14-8+. The zero-order valence-electron chi connectivity index (χ0n) is 12.1. The van der Waals surface area contributed by atoms with Gasteiger partial charge in [0.05, 0.1) is 0 Å². The van der Waals surface area contributed by atoms with Gasteiger partial charge in [-0.15, -0.1) is 0 Å². The van der Waals surface area contributed by atoms with E-state index in [1.165, 1.54) is 3.57 Å². The third-order valence-corrected chi connectivity index (χ3v) is 4.29. The van der Waals surface area contributed by atoms with Crippen LogP contribution in [0.2, 0.25) is 0 Å². The molecule has 1 aromatic carbocycles. The number of nitrogens with one attached hydrogen (secondary N) is 2. The summed E-state index contributed by atoms with van der Waals surface area (Å²) < 4.78 is 3.30. The molecule has 2 heterocycles. The summed E-state index contributed by atoms with van der Waals surface area (Å²) in [4.78, 5) is 22.8. The number of hydrogen-bond donors (Lipinski definition) is 2. The first-order valence-electron chi connectivity index (χ1n) is 6.74. The number of aryl methyl sites for hydroxylation is 1. The van der Waals surface area contributed by atoms with E-state index in [0.29, 0.717) is 0 Å². The quantitative estimate of drug-likeness (QED) is 0.457. The van der Waals surface area contributed by atoms with Gasteiger partial charge in [0.25, 0.3) is 5.91 Å². The number of imide groups is 1. The minimum absolute atomic E-state index is 0.271. The molecule has 0 radical (unpaired) electrons. The van der Waals surface area contributed by atoms with Gasteiger partial charge in [-0.25, -0.2) is 4.79 Å². The van der Waals surface area contributed by atoms with Crippen molar-refractivity contribution in [1.29, 1.82) is 0 Å². The largest absolute Gasteiger partial charge is 0.326 e. The SMILES string of the molecule is Cc1cc(/C=C2/NC(=O)NC2=O)c(C)n1-c1ccc(I)cc1. The molecule has 1 aliphatic rings. The Morgan fingerprint density at radius 3 is 2.36 bits per heavy atom. The first-order valence-corrected chi connectivity index (χ1v) is 7.82. The van der Waals surface area contributed by atoms with Gasteiger partial charge in [-0.2, -0.15) is 0 Å². The smallest absolute Gasteiger partial charge is 0.318 e. The summed E-state index contributed by atoms with van der Waals surface area (Å²) in [6, 6.07) is 9.74. The Balaban J connectivity index is 2.04. The average Bonchev–Trinajstić information content (AvgIpc) is 2.92. The van der Waals surface area contributed by atoms with Gasteiger partial charge in [0.1, 0.15) is 5.70 Å². The molecule has 0 spiro atoms. The molecular weight excluding hydrogens is 393 g/mol. The van der Waals surface area contributed by atoms with Gasteiger partial charge in [0, 0.05) is 20.6 Å². The van der Waals surface area contributed by atoms with E-state index in [1.807, 2.05) is 19.9 Å². The number of nitrogens with zero attached hydrogens (tertiary/aromatic N) is 1. The van der Waals surface area contributed by atoms with Crippen molar-refractivity contribution < 1.29 is 9.59 Å². The van der Waals surface area contributed by atoms with Crippen molar-refractivity contribution in [2.75, 3.05) is 0 Å². The Bertz CT molecular complexity index is 804. The lowest BCUT2D eigenvalue weighted by atomic mass is 10.2. The highest BCUT2D eigenvalue weighted by Gasteiger charge is 2.23. The second kappa shape index (κ2) is 5.60. The molecule has 0 unspecified atom stereocenters. The molecule has 1 fully saturated rings. The van der Waals surface area contributed by atoms with Crippen molar-refractivity contribution in [3.8, 4) is 5.69 Å². The first-order chi connectivity index (χ1) is 10.5. The molecular formula is C16H14IN3O2. The molecule has 1 saturated heterocycles. The highest BCUT2D eigenvalue weighted by atomic mass is 127. The number of carbonyl (C=O) groups excluding carboxylic acids is 2. The van der Waals surface area contributed by atoms with Gasteiger partial charge in [-0.05, 0) is 78.4 Å². The fourth-order valence-electron chi connectivity index (χ4n) is 2.56. The number of amides is 3. The second-order valence-electron chi connectivity index (χ2n) is 5.10. The van der Waals surface area contributed by atoms with Crippen LogP contribution in [0.3, 0.4) is 0 Å². The predicted molar refractivity (Wildman–Crippen MR) is 92.6 cm³/mol. The number of benzene rings is 1. The Morgan fingerprint density at radius 2 is 1.77 bits per heavy atom. The topological polar surface area (TPSA) is 63.1 Å². The van der Waals surface area contributed by atoms with Crippen LogP contribution in [0.15, 0.2) is 36.0 Å². The third-order valence-electron chi connectivity index (χ3n) is 3.57. The van der Waals surface area contributed by atoms with E-state index in [1.54, 1.807) is 6.08 Å². The summed E-state index contributed by atoms with van der Waals surface area (Å²) in [5.41, 5.74) is 4.33. The van der Waals surface area contributed by atoms with E-state index in [2.05, 4.69) is 62.1 Å². The zero-order chi connectivity index (χ0) is 15.9. The monoisotopic (exact) mass is 407 g/mol. The molecule has 1 aliphatic heterocycles. The van der Waals surface area contributed by atoms with Gasteiger partial charge in [-0.3, -0.25) is 10.1 Å². The van der Waals surface area contributed by atoms with Gasteiger partial charge in [0.2, 0.25) is 0 Å². The van der Waals surface area contributed by atoms with E-state index in [9.17, 15) is 9.59 Å². The predicted octanol–water partition coefficient (Wildman–Crippen LogP) is 2.88. The molecule has 2 N–H and O–H groups in total. The summed E-state index contributed by atoms with van der Waals surface area (Å²) in [7, 11) is 0. The summed E-state index contributed by atoms with van der Waals surface area (Å²) in [6.07, 6.45) is 1.70. The van der Waals surface area contributed by atoms with E-state index in [0.717, 1.165) is 22.6 Å². The summed E-state index contributed by atoms with van der Waals surface area (Å²) in [6.45, 7) is 4.01. The maximum Gasteiger partial charge on any atom is 0.326 e. The molecule has 0 saturated carbocycles. The van der Waals surface area contributed by atoms with E-state index in [-0.39, 0.29) is 5.70 Å². The molecule has 22 heavy (non-hydrogen) atoms. The number of rotatable bonds is 2. The van der Waals surface area contributed by atoms with Crippen molar-refractivity contribution in [1.82, 2.24) is 15.2 Å². The van der Waals surface area contributed by atoms with Crippen molar-refractivity contribution in [3.05, 3.63) is 56.6 Å². The van der Waals surface area contributed by atoms with Crippen LogP contribution in [0.1, 0.15) is 17.0 Å². The van der Waals surface area contributed by atoms with Crippen LogP contribution < -0.4 is 10.6 Å². The van der Waals surface area contributed by atoms with Crippen molar-refractivity contribution in [3.63, 3.8) is 0 Å². The first kappa shape index (κ1) is 14.8. The fraction of sp³-hybridized carbons (Fsp3) is 0.125. The molecule has 112 valence electrons. The number of carbonyl (C=O) groups is 2. The third kappa shape index (κ3) is 2.66. The van der Waals surface area contributed by atoms with Gasteiger partial charge in [-0.1, -0.05) is 0 Å². The Kier molecular flexibility index (Phi) is 3.78. The number of urea groups is 1. The van der Waals surface area contributed by atoms with Crippen molar-refractivity contribution in [2.24, 2.45) is 0 Å². The van der Waals surface area contributed by atoms with Crippen molar-refractivity contribution in [2.45, 2.75) is 13.8 Å². The molecule has 1 aromatic heterocycles. The van der Waals surface area contributed by atoms with Crippen LogP contribution in [0, 0.1) is 17.4 Å². The zero-order valence-corrected chi connectivity index (χ0v) is 14.3. The summed E-state index contributed by atoms with van der Waals surface area (Å²) >= 11 is 2.27. The maximum atomic E-state index is 11.6. The lowest BCUT2D eigenvalue weighted by Gasteiger charge is -2.09. The Morgan fingerprint density at radius 1 is 1.09 bits per heavy atom. The van der Waals surface area contributed by atoms with Crippen molar-refractivity contribution >= 4 is 40.6 Å². The molecule has 2 aromatic rings. The van der Waals surface area contributed by atoms with Gasteiger partial charge in [0.15, 0.2) is 0 Å². The lowest BCUT2D eigenvalue weighted by molar-refractivity contribution is -0.115. The van der Waals surface area contributed by atoms with Crippen LogP contribution >= 0.6 is 22.6 Å². The minimum atomic E-state index is -0.484. The van der Waals surface area contributed by atoms with Crippen LogP contribution in [0.4, 0.5) is 4.79 Å². The fourth-order valence-corrected chi connectivity index (χ4v) is 2.92. The summed E-state index contributed by atoms with van der Waals surface area (Å²) in [5, 5.41) is 4.71. The number of halogens is 1. The molecule has 5 nitrogen and oxygen atoms in total. The van der Waals surface area contributed by atoms with E-state index >= 15 is 0 Å². The van der Waals surface area contributed by atoms with Gasteiger partial charge >= 0.3 is 6.03 Å². The average molecular weight is 407 g/mol. The van der Waals surface area contributed by atoms with E-state index < -0.39 is 11.9 Å². The number of hydrogen-bond acceptors (Lipinski definition) is 2. The maximum absolute atomic E-state index is 11.6. The van der Waals surface area contributed by atoms with Gasteiger partial charge < -0.3 is 9.88 Å². The normalized spacial score (nSPS) is 16.0. The van der Waals surface area contributed by atoms with Crippen LogP contribution in [-0.4, -0.2) is 16.5 Å². The van der Waals surface area contributed by atoms with Crippen LogP contribution in [-0.2, 0) is 4.79 Å². The molecule has 6 heteroatoms. The molecule has 3 rings (SSSR count). The summed E-state index contributed by atoms with van der Waals surface area (Å²) in [5.74, 6) is -0.399. The Labute approximate surface area is 141 Å². The second-order valence-corrected chi connectivity index (χ2v) is 6.35. The molecule has 0 aliphatic carbocycles. The molecule has 0 bridgehead atoms. The highest BCUT2D eigenvalue weighted by Crippen LogP contribution is 2.23.